The molecule has 1 aromatic carbocycles. The minimum Gasteiger partial charge on any atom is -0.326 e. The number of rotatable bonds is 4. The van der Waals surface area contributed by atoms with Gasteiger partial charge in [-0.25, -0.2) is 9.69 Å². The van der Waals surface area contributed by atoms with Crippen LogP contribution in [0.25, 0.3) is 0 Å². The maximum absolute atomic E-state index is 13.1. The van der Waals surface area contributed by atoms with E-state index in [1.165, 1.54) is 4.90 Å². The van der Waals surface area contributed by atoms with Gasteiger partial charge in [-0.1, -0.05) is 43.9 Å². The predicted molar refractivity (Wildman–Crippen MR) is 110 cm³/mol. The fraction of sp³-hybridized carbons (Fsp3) is 0.591. The number of hydrogen-bond donors (Lipinski definition) is 2. The second-order valence-corrected chi connectivity index (χ2v) is 8.57. The Morgan fingerprint density at radius 1 is 1.07 bits per heavy atom. The van der Waals surface area contributed by atoms with Crippen molar-refractivity contribution in [1.29, 1.82) is 0 Å². The summed E-state index contributed by atoms with van der Waals surface area (Å²) in [5.41, 5.74) is 0.0898. The van der Waals surface area contributed by atoms with E-state index in [-0.39, 0.29) is 30.4 Å². The van der Waals surface area contributed by atoms with Crippen LogP contribution >= 0.6 is 0 Å². The van der Waals surface area contributed by atoms with Crippen molar-refractivity contribution in [2.75, 3.05) is 25.1 Å². The van der Waals surface area contributed by atoms with Gasteiger partial charge in [-0.05, 0) is 44.4 Å². The smallest absolute Gasteiger partial charge is 0.326 e. The third kappa shape index (κ3) is 4.29. The van der Waals surface area contributed by atoms with Crippen molar-refractivity contribution >= 4 is 23.5 Å². The van der Waals surface area contributed by atoms with Crippen molar-refractivity contribution in [2.24, 2.45) is 5.92 Å². The molecule has 29 heavy (non-hydrogen) atoms. The number of piperidine rings is 1. The lowest BCUT2D eigenvalue weighted by Gasteiger charge is -2.34. The number of amides is 4. The third-order valence-electron chi connectivity index (χ3n) is 6.46. The number of para-hydroxylation sites is 1. The molecule has 156 valence electrons. The number of anilines is 1. The van der Waals surface area contributed by atoms with Crippen LogP contribution in [-0.4, -0.2) is 52.9 Å². The second-order valence-electron chi connectivity index (χ2n) is 8.57. The first-order valence-electron chi connectivity index (χ1n) is 10.8. The van der Waals surface area contributed by atoms with Gasteiger partial charge in [0.25, 0.3) is 5.91 Å². The van der Waals surface area contributed by atoms with Gasteiger partial charge in [0.2, 0.25) is 5.91 Å². The van der Waals surface area contributed by atoms with Crippen molar-refractivity contribution < 1.29 is 14.4 Å². The maximum atomic E-state index is 13.1. The van der Waals surface area contributed by atoms with Crippen LogP contribution in [0, 0.1) is 5.92 Å². The molecule has 1 atom stereocenters. The van der Waals surface area contributed by atoms with Crippen LogP contribution in [0.1, 0.15) is 51.4 Å². The Hall–Kier alpha value is -2.41. The Morgan fingerprint density at radius 2 is 1.79 bits per heavy atom. The highest BCUT2D eigenvalue weighted by Gasteiger charge is 2.51. The van der Waals surface area contributed by atoms with Gasteiger partial charge in [0.1, 0.15) is 5.54 Å². The van der Waals surface area contributed by atoms with Crippen LogP contribution in [0.5, 0.6) is 0 Å². The number of nitrogens with zero attached hydrogens (tertiary/aromatic N) is 2. The molecule has 1 spiro atoms. The van der Waals surface area contributed by atoms with E-state index in [4.69, 9.17) is 0 Å². The van der Waals surface area contributed by atoms with Crippen LogP contribution in [0.2, 0.25) is 0 Å². The lowest BCUT2D eigenvalue weighted by Crippen LogP contribution is -2.49. The molecular formula is C22H30N4O3. The van der Waals surface area contributed by atoms with Gasteiger partial charge in [0, 0.05) is 12.2 Å². The minimum absolute atomic E-state index is 0.00154. The molecule has 2 aliphatic heterocycles. The molecule has 0 radical (unpaired) electrons. The van der Waals surface area contributed by atoms with Crippen molar-refractivity contribution in [3.63, 3.8) is 0 Å². The number of carbonyl (C=O) groups is 3. The normalized spacial score (nSPS) is 25.0. The maximum Gasteiger partial charge on any atom is 0.326 e. The van der Waals surface area contributed by atoms with Gasteiger partial charge < -0.3 is 10.6 Å². The first-order chi connectivity index (χ1) is 14.1. The number of carbonyl (C=O) groups excluding carboxylic acids is 3. The average molecular weight is 399 g/mol. The largest absolute Gasteiger partial charge is 0.326 e. The Bertz CT molecular complexity index is 759. The lowest BCUT2D eigenvalue weighted by molar-refractivity contribution is -0.133. The molecular weight excluding hydrogens is 368 g/mol. The SMILES string of the molecule is O=C(Nc1ccccc1)[C@H]1CCCN(CN2C(=O)NC3(CCCCCC3)C2=O)C1. The summed E-state index contributed by atoms with van der Waals surface area (Å²) in [6.45, 7) is 1.61. The first kappa shape index (κ1) is 19.9. The summed E-state index contributed by atoms with van der Waals surface area (Å²) in [6.07, 6.45) is 7.36. The molecule has 3 aliphatic rings. The molecule has 3 fully saturated rings. The van der Waals surface area contributed by atoms with Gasteiger partial charge in [0.05, 0.1) is 12.6 Å². The van der Waals surface area contributed by atoms with Gasteiger partial charge in [-0.2, -0.15) is 0 Å². The van der Waals surface area contributed by atoms with Gasteiger partial charge in [-0.15, -0.1) is 0 Å². The highest BCUT2D eigenvalue weighted by molar-refractivity contribution is 6.07. The Morgan fingerprint density at radius 3 is 2.52 bits per heavy atom. The number of benzene rings is 1. The average Bonchev–Trinajstić information content (AvgIpc) is 2.89. The molecule has 4 amide bonds. The summed E-state index contributed by atoms with van der Waals surface area (Å²) in [5, 5.41) is 5.97. The molecule has 4 rings (SSSR count). The molecule has 2 N–H and O–H groups in total. The second kappa shape index (κ2) is 8.53. The highest BCUT2D eigenvalue weighted by atomic mass is 16.2. The highest BCUT2D eigenvalue weighted by Crippen LogP contribution is 2.33. The quantitative estimate of drug-likeness (QED) is 0.764. The van der Waals surface area contributed by atoms with Crippen LogP contribution in [0.4, 0.5) is 10.5 Å². The Balaban J connectivity index is 1.37. The summed E-state index contributed by atoms with van der Waals surface area (Å²) in [4.78, 5) is 41.8. The summed E-state index contributed by atoms with van der Waals surface area (Å²) in [7, 11) is 0. The monoisotopic (exact) mass is 398 g/mol. The fourth-order valence-electron chi connectivity index (χ4n) is 4.84. The fourth-order valence-corrected chi connectivity index (χ4v) is 4.84. The summed E-state index contributed by atoms with van der Waals surface area (Å²) < 4.78 is 0. The molecule has 7 heteroatoms. The van der Waals surface area contributed by atoms with Crippen molar-refractivity contribution in [2.45, 2.75) is 56.9 Å². The molecule has 0 unspecified atom stereocenters. The zero-order valence-electron chi connectivity index (χ0n) is 16.9. The molecule has 2 heterocycles. The number of nitrogens with one attached hydrogen (secondary N) is 2. The van der Waals surface area contributed by atoms with E-state index in [0.29, 0.717) is 6.54 Å². The van der Waals surface area contributed by atoms with Crippen molar-refractivity contribution in [1.82, 2.24) is 15.1 Å². The molecule has 2 saturated heterocycles. The summed E-state index contributed by atoms with van der Waals surface area (Å²) in [6, 6.07) is 9.16. The van der Waals surface area contributed by atoms with E-state index in [0.717, 1.165) is 63.6 Å². The van der Waals surface area contributed by atoms with Gasteiger partial charge >= 0.3 is 6.03 Å². The van der Waals surface area contributed by atoms with Crippen molar-refractivity contribution in [3.8, 4) is 0 Å². The number of likely N-dealkylation sites (tertiary alicyclic amines) is 1. The van der Waals surface area contributed by atoms with E-state index in [1.54, 1.807) is 0 Å². The summed E-state index contributed by atoms with van der Waals surface area (Å²) in [5.74, 6) is -0.227. The van der Waals surface area contributed by atoms with Crippen LogP contribution in [0.3, 0.4) is 0 Å². The Labute approximate surface area is 171 Å². The van der Waals surface area contributed by atoms with Crippen LogP contribution in [-0.2, 0) is 9.59 Å². The predicted octanol–water partition coefficient (Wildman–Crippen LogP) is 2.94. The molecule has 0 bridgehead atoms. The van der Waals surface area contributed by atoms with Gasteiger partial charge in [-0.3, -0.25) is 14.5 Å². The van der Waals surface area contributed by atoms with Gasteiger partial charge in [0.15, 0.2) is 0 Å². The van der Waals surface area contributed by atoms with Crippen molar-refractivity contribution in [3.05, 3.63) is 30.3 Å². The van der Waals surface area contributed by atoms with E-state index < -0.39 is 5.54 Å². The number of urea groups is 1. The molecule has 1 aliphatic carbocycles. The zero-order valence-corrected chi connectivity index (χ0v) is 16.9. The van der Waals surface area contributed by atoms with E-state index in [9.17, 15) is 14.4 Å². The van der Waals surface area contributed by atoms with E-state index in [1.807, 2.05) is 30.3 Å². The van der Waals surface area contributed by atoms with E-state index >= 15 is 0 Å². The minimum atomic E-state index is -0.701. The topological polar surface area (TPSA) is 81.8 Å². The lowest BCUT2D eigenvalue weighted by atomic mass is 9.90. The standard InChI is InChI=1S/C22H30N4O3/c27-19(23-18-10-4-3-5-11-18)17-9-8-14-25(15-17)16-26-20(28)22(24-21(26)29)12-6-1-2-7-13-22/h3-5,10-11,17H,1-2,6-9,12-16H2,(H,23,27)(H,24,29)/t17-/m0/s1. The summed E-state index contributed by atoms with van der Waals surface area (Å²) >= 11 is 0. The first-order valence-corrected chi connectivity index (χ1v) is 10.8. The third-order valence-corrected chi connectivity index (χ3v) is 6.46. The number of hydrogen-bond acceptors (Lipinski definition) is 4. The zero-order chi connectivity index (χ0) is 20.3. The molecule has 7 nitrogen and oxygen atoms in total. The van der Waals surface area contributed by atoms with Crippen LogP contribution in [0.15, 0.2) is 30.3 Å². The molecule has 0 aromatic heterocycles. The van der Waals surface area contributed by atoms with Crippen LogP contribution < -0.4 is 10.6 Å². The molecule has 1 saturated carbocycles. The van der Waals surface area contributed by atoms with E-state index in [2.05, 4.69) is 15.5 Å². The Kier molecular flexibility index (Phi) is 5.85. The molecule has 1 aromatic rings. The number of imide groups is 1.